The van der Waals surface area contributed by atoms with Gasteiger partial charge in [-0.05, 0) is 41.0 Å². The van der Waals surface area contributed by atoms with E-state index in [4.69, 9.17) is 4.74 Å². The van der Waals surface area contributed by atoms with Crippen LogP contribution in [0.4, 0.5) is 4.39 Å². The lowest BCUT2D eigenvalue weighted by Gasteiger charge is -2.22. The molecule has 0 bridgehead atoms. The van der Waals surface area contributed by atoms with E-state index in [1.165, 1.54) is 12.1 Å². The van der Waals surface area contributed by atoms with Crippen LogP contribution in [-0.2, 0) is 10.5 Å². The summed E-state index contributed by atoms with van der Waals surface area (Å²) in [6.45, 7) is 1.51. The summed E-state index contributed by atoms with van der Waals surface area (Å²) in [7, 11) is 0. The summed E-state index contributed by atoms with van der Waals surface area (Å²) >= 11 is 1.57. The molecule has 20 heavy (non-hydrogen) atoms. The Morgan fingerprint density at radius 2 is 2.00 bits per heavy atom. The lowest BCUT2D eigenvalue weighted by molar-refractivity contribution is 0.0631. The summed E-state index contributed by atoms with van der Waals surface area (Å²) in [4.78, 5) is 0. The lowest BCUT2D eigenvalue weighted by Crippen LogP contribution is -2.21. The number of benzene rings is 1. The topological polar surface area (TPSA) is 52.8 Å². The number of halogens is 1. The molecule has 0 saturated carbocycles. The van der Waals surface area contributed by atoms with Gasteiger partial charge in [0.1, 0.15) is 5.82 Å². The molecule has 3 rings (SSSR count). The third-order valence-corrected chi connectivity index (χ3v) is 4.29. The summed E-state index contributed by atoms with van der Waals surface area (Å²) in [5.41, 5.74) is 1.05. The molecule has 7 heteroatoms. The molecule has 0 radical (unpaired) electrons. The van der Waals surface area contributed by atoms with Crippen molar-refractivity contribution in [3.05, 3.63) is 35.6 Å². The first-order chi connectivity index (χ1) is 9.83. The Hall–Kier alpha value is -1.47. The number of thioether (sulfide) groups is 1. The van der Waals surface area contributed by atoms with Crippen LogP contribution in [-0.4, -0.2) is 33.4 Å². The fraction of sp³-hybridized carbons (Fsp3) is 0.462. The standard InChI is InChI=1S/C13H15FN4OS/c14-11-3-1-10(2-4-11)9-20-13-15-16-17-18(13)12-5-7-19-8-6-12/h1-4,12H,5-9H2. The molecule has 0 spiro atoms. The second-order valence-corrected chi connectivity index (χ2v) is 5.61. The van der Waals surface area contributed by atoms with Crippen LogP contribution in [0.3, 0.4) is 0 Å². The smallest absolute Gasteiger partial charge is 0.209 e. The number of nitrogens with zero attached hydrogens (tertiary/aromatic N) is 4. The van der Waals surface area contributed by atoms with Gasteiger partial charge in [0.2, 0.25) is 5.16 Å². The van der Waals surface area contributed by atoms with Gasteiger partial charge in [0.05, 0.1) is 6.04 Å². The zero-order valence-corrected chi connectivity index (χ0v) is 11.7. The van der Waals surface area contributed by atoms with Crippen LogP contribution >= 0.6 is 11.8 Å². The van der Waals surface area contributed by atoms with Gasteiger partial charge >= 0.3 is 0 Å². The predicted molar refractivity (Wildman–Crippen MR) is 72.9 cm³/mol. The van der Waals surface area contributed by atoms with Crippen LogP contribution in [0.25, 0.3) is 0 Å². The Kier molecular flexibility index (Phi) is 4.27. The van der Waals surface area contributed by atoms with Crippen molar-refractivity contribution in [3.63, 3.8) is 0 Å². The molecule has 1 aliphatic rings. The maximum atomic E-state index is 12.9. The number of ether oxygens (including phenoxy) is 1. The van der Waals surface area contributed by atoms with Gasteiger partial charge in [-0.25, -0.2) is 9.07 Å². The van der Waals surface area contributed by atoms with E-state index in [9.17, 15) is 4.39 Å². The third kappa shape index (κ3) is 3.16. The van der Waals surface area contributed by atoms with Crippen molar-refractivity contribution in [2.24, 2.45) is 0 Å². The Morgan fingerprint density at radius 3 is 2.75 bits per heavy atom. The second kappa shape index (κ2) is 6.32. The highest BCUT2D eigenvalue weighted by Gasteiger charge is 2.20. The van der Waals surface area contributed by atoms with E-state index in [2.05, 4.69) is 15.5 Å². The van der Waals surface area contributed by atoms with Gasteiger partial charge in [-0.3, -0.25) is 0 Å². The fourth-order valence-electron chi connectivity index (χ4n) is 2.17. The highest BCUT2D eigenvalue weighted by Crippen LogP contribution is 2.26. The highest BCUT2D eigenvalue weighted by molar-refractivity contribution is 7.98. The van der Waals surface area contributed by atoms with Crippen molar-refractivity contribution >= 4 is 11.8 Å². The van der Waals surface area contributed by atoms with E-state index in [-0.39, 0.29) is 5.82 Å². The van der Waals surface area contributed by atoms with Crippen LogP contribution in [0.5, 0.6) is 0 Å². The average Bonchev–Trinajstić information content (AvgIpc) is 2.96. The minimum Gasteiger partial charge on any atom is -0.381 e. The minimum absolute atomic E-state index is 0.217. The second-order valence-electron chi connectivity index (χ2n) is 4.66. The first-order valence-electron chi connectivity index (χ1n) is 6.56. The van der Waals surface area contributed by atoms with Crippen molar-refractivity contribution in [1.82, 2.24) is 20.2 Å². The molecule has 1 aliphatic heterocycles. The summed E-state index contributed by atoms with van der Waals surface area (Å²) in [5, 5.41) is 12.7. The molecule has 0 amide bonds. The van der Waals surface area contributed by atoms with Gasteiger partial charge in [-0.15, -0.1) is 5.10 Å². The Balaban J connectivity index is 1.65. The summed E-state index contributed by atoms with van der Waals surface area (Å²) in [6.07, 6.45) is 1.88. The Morgan fingerprint density at radius 1 is 1.25 bits per heavy atom. The summed E-state index contributed by atoms with van der Waals surface area (Å²) < 4.78 is 20.1. The molecule has 1 saturated heterocycles. The van der Waals surface area contributed by atoms with Gasteiger partial charge in [0, 0.05) is 19.0 Å². The van der Waals surface area contributed by atoms with Crippen molar-refractivity contribution in [2.45, 2.75) is 29.8 Å². The van der Waals surface area contributed by atoms with Gasteiger partial charge in [0.25, 0.3) is 0 Å². The Labute approximate surface area is 120 Å². The molecule has 2 aromatic rings. The first kappa shape index (κ1) is 13.5. The normalized spacial score (nSPS) is 16.4. The SMILES string of the molecule is Fc1ccc(CSc2nnnn2C2CCOCC2)cc1. The number of hydrogen-bond acceptors (Lipinski definition) is 5. The van der Waals surface area contributed by atoms with Gasteiger partial charge in [-0.2, -0.15) is 0 Å². The number of hydrogen-bond donors (Lipinski definition) is 0. The molecule has 1 aromatic heterocycles. The van der Waals surface area contributed by atoms with Gasteiger partial charge in [0.15, 0.2) is 0 Å². The van der Waals surface area contributed by atoms with Crippen molar-refractivity contribution < 1.29 is 9.13 Å². The third-order valence-electron chi connectivity index (χ3n) is 3.28. The zero-order chi connectivity index (χ0) is 13.8. The van der Waals surface area contributed by atoms with Crippen molar-refractivity contribution in [1.29, 1.82) is 0 Å². The quantitative estimate of drug-likeness (QED) is 0.811. The molecule has 2 heterocycles. The summed E-state index contributed by atoms with van der Waals surface area (Å²) in [5.74, 6) is 0.509. The molecule has 0 unspecified atom stereocenters. The maximum Gasteiger partial charge on any atom is 0.209 e. The molecule has 106 valence electrons. The van der Waals surface area contributed by atoms with Crippen molar-refractivity contribution in [3.8, 4) is 0 Å². The predicted octanol–water partition coefficient (Wildman–Crippen LogP) is 2.46. The lowest BCUT2D eigenvalue weighted by atomic mass is 10.1. The molecular formula is C13H15FN4OS. The maximum absolute atomic E-state index is 12.9. The number of rotatable bonds is 4. The first-order valence-corrected chi connectivity index (χ1v) is 7.54. The zero-order valence-electron chi connectivity index (χ0n) is 10.9. The van der Waals surface area contributed by atoms with Crippen molar-refractivity contribution in [2.75, 3.05) is 13.2 Å². The average molecular weight is 294 g/mol. The highest BCUT2D eigenvalue weighted by atomic mass is 32.2. The summed E-state index contributed by atoms with van der Waals surface area (Å²) in [6, 6.07) is 6.82. The van der Waals surface area contributed by atoms with Crippen LogP contribution in [0.2, 0.25) is 0 Å². The Bertz CT molecular complexity index is 554. The van der Waals surface area contributed by atoms with Crippen LogP contribution in [0.1, 0.15) is 24.4 Å². The molecular weight excluding hydrogens is 279 g/mol. The number of tetrazole rings is 1. The van der Waals surface area contributed by atoms with E-state index in [1.54, 1.807) is 23.9 Å². The van der Waals surface area contributed by atoms with Crippen LogP contribution in [0.15, 0.2) is 29.4 Å². The monoisotopic (exact) mass is 294 g/mol. The minimum atomic E-state index is -0.217. The van der Waals surface area contributed by atoms with E-state index in [0.717, 1.165) is 42.5 Å². The molecule has 0 atom stereocenters. The van der Waals surface area contributed by atoms with E-state index >= 15 is 0 Å². The van der Waals surface area contributed by atoms with Gasteiger partial charge < -0.3 is 4.74 Å². The van der Waals surface area contributed by atoms with E-state index in [0.29, 0.717) is 6.04 Å². The number of aromatic nitrogens is 4. The largest absolute Gasteiger partial charge is 0.381 e. The van der Waals surface area contributed by atoms with Gasteiger partial charge in [-0.1, -0.05) is 23.9 Å². The molecule has 0 aliphatic carbocycles. The molecule has 1 aromatic carbocycles. The van der Waals surface area contributed by atoms with Crippen LogP contribution in [0, 0.1) is 5.82 Å². The molecule has 5 nitrogen and oxygen atoms in total. The van der Waals surface area contributed by atoms with Crippen LogP contribution < -0.4 is 0 Å². The van der Waals surface area contributed by atoms with E-state index in [1.807, 2.05) is 4.68 Å². The van der Waals surface area contributed by atoms with E-state index < -0.39 is 0 Å². The molecule has 1 fully saturated rings. The fourth-order valence-corrected chi connectivity index (χ4v) is 3.07. The molecule has 0 N–H and O–H groups in total.